The molecule has 0 saturated carbocycles. The molecule has 1 heterocycles. The molecule has 21 heavy (non-hydrogen) atoms. The fourth-order valence-corrected chi connectivity index (χ4v) is 2.44. The Labute approximate surface area is 134 Å². The number of benzene rings is 1. The molecule has 0 bridgehead atoms. The molecule has 0 amide bonds. The quantitative estimate of drug-likeness (QED) is 0.897. The lowest BCUT2D eigenvalue weighted by Crippen LogP contribution is -2.21. The molecule has 0 atom stereocenters. The molecule has 0 spiro atoms. The predicted molar refractivity (Wildman–Crippen MR) is 87.9 cm³/mol. The maximum Gasteiger partial charge on any atom is 0.232 e. The van der Waals surface area contributed by atoms with Gasteiger partial charge in [-0.05, 0) is 67.7 Å². The van der Waals surface area contributed by atoms with E-state index in [9.17, 15) is 0 Å². The first-order valence-electron chi connectivity index (χ1n) is 6.73. The molecular formula is C14H17Cl2N5. The van der Waals surface area contributed by atoms with Gasteiger partial charge in [-0.2, -0.15) is 15.0 Å². The number of nitrogens with one attached hydrogen (secondary N) is 1. The van der Waals surface area contributed by atoms with E-state index in [1.807, 2.05) is 13.0 Å². The number of rotatable bonds is 5. The summed E-state index contributed by atoms with van der Waals surface area (Å²) in [5.41, 5.74) is 3.19. The van der Waals surface area contributed by atoms with E-state index in [0.29, 0.717) is 5.95 Å². The van der Waals surface area contributed by atoms with E-state index in [1.54, 1.807) is 0 Å². The Morgan fingerprint density at radius 2 is 1.67 bits per heavy atom. The third-order valence-electron chi connectivity index (χ3n) is 3.17. The number of aryl methyl sites for hydroxylation is 1. The van der Waals surface area contributed by atoms with Crippen LogP contribution in [-0.2, 0) is 0 Å². The van der Waals surface area contributed by atoms with E-state index in [-0.39, 0.29) is 10.6 Å². The van der Waals surface area contributed by atoms with Crippen LogP contribution in [0.1, 0.15) is 19.4 Å². The van der Waals surface area contributed by atoms with Crippen LogP contribution in [0.5, 0.6) is 0 Å². The number of hydrogen-bond donors (Lipinski definition) is 1. The minimum Gasteiger partial charge on any atom is -0.372 e. The summed E-state index contributed by atoms with van der Waals surface area (Å²) >= 11 is 11.5. The average Bonchev–Trinajstić information content (AvgIpc) is 2.42. The monoisotopic (exact) mass is 325 g/mol. The van der Waals surface area contributed by atoms with Crippen molar-refractivity contribution < 1.29 is 0 Å². The Morgan fingerprint density at radius 3 is 2.19 bits per heavy atom. The van der Waals surface area contributed by atoms with Crippen molar-refractivity contribution in [1.82, 2.24) is 15.0 Å². The highest BCUT2D eigenvalue weighted by molar-refractivity contribution is 6.31. The smallest absolute Gasteiger partial charge is 0.232 e. The molecule has 0 fully saturated rings. The number of nitrogens with zero attached hydrogens (tertiary/aromatic N) is 4. The highest BCUT2D eigenvalue weighted by atomic mass is 35.5. The molecule has 1 aromatic heterocycles. The van der Waals surface area contributed by atoms with Crippen molar-refractivity contribution in [1.29, 1.82) is 0 Å². The van der Waals surface area contributed by atoms with E-state index in [4.69, 9.17) is 23.2 Å². The van der Waals surface area contributed by atoms with Crippen LogP contribution in [0.25, 0.3) is 0 Å². The lowest BCUT2D eigenvalue weighted by atomic mass is 10.1. The fraction of sp³-hybridized carbons (Fsp3) is 0.357. The van der Waals surface area contributed by atoms with Crippen LogP contribution < -0.4 is 10.2 Å². The van der Waals surface area contributed by atoms with Gasteiger partial charge in [0.05, 0.1) is 0 Å². The van der Waals surface area contributed by atoms with E-state index in [0.717, 1.165) is 24.3 Å². The minimum atomic E-state index is 0.0647. The van der Waals surface area contributed by atoms with Crippen molar-refractivity contribution in [3.8, 4) is 0 Å². The van der Waals surface area contributed by atoms with Gasteiger partial charge >= 0.3 is 0 Å². The van der Waals surface area contributed by atoms with Gasteiger partial charge in [-0.15, -0.1) is 0 Å². The molecule has 0 radical (unpaired) electrons. The zero-order valence-corrected chi connectivity index (χ0v) is 13.7. The molecule has 0 aliphatic rings. The second-order valence-corrected chi connectivity index (χ2v) is 5.17. The van der Waals surface area contributed by atoms with Crippen LogP contribution in [0, 0.1) is 6.92 Å². The van der Waals surface area contributed by atoms with Gasteiger partial charge in [0, 0.05) is 24.5 Å². The van der Waals surface area contributed by atoms with Crippen LogP contribution in [0.4, 0.5) is 17.3 Å². The number of hydrogen-bond acceptors (Lipinski definition) is 5. The summed E-state index contributed by atoms with van der Waals surface area (Å²) in [4.78, 5) is 14.0. The van der Waals surface area contributed by atoms with Crippen LogP contribution in [0.2, 0.25) is 10.6 Å². The number of aromatic nitrogens is 3. The highest BCUT2D eigenvalue weighted by Gasteiger charge is 2.08. The molecule has 1 aromatic carbocycles. The minimum absolute atomic E-state index is 0.0647. The van der Waals surface area contributed by atoms with Gasteiger partial charge in [-0.25, -0.2) is 0 Å². The summed E-state index contributed by atoms with van der Waals surface area (Å²) < 4.78 is 0. The second kappa shape index (κ2) is 6.91. The summed E-state index contributed by atoms with van der Waals surface area (Å²) in [6, 6.07) is 6.18. The Kier molecular flexibility index (Phi) is 5.20. The topological polar surface area (TPSA) is 53.9 Å². The van der Waals surface area contributed by atoms with Gasteiger partial charge in [0.2, 0.25) is 16.5 Å². The maximum absolute atomic E-state index is 5.77. The standard InChI is InChI=1S/C14H17Cl2N5/c1-4-21(5-2)10-6-7-11(9(3)8-10)17-14-19-12(15)18-13(16)20-14/h6-8H,4-5H2,1-3H3,(H,17,18,19,20). The Morgan fingerprint density at radius 1 is 1.05 bits per heavy atom. The molecule has 2 aromatic rings. The lowest BCUT2D eigenvalue weighted by molar-refractivity contribution is 0.866. The third kappa shape index (κ3) is 3.95. The lowest BCUT2D eigenvalue weighted by Gasteiger charge is -2.22. The van der Waals surface area contributed by atoms with E-state index in [2.05, 4.69) is 51.1 Å². The van der Waals surface area contributed by atoms with Crippen molar-refractivity contribution in [3.05, 3.63) is 34.3 Å². The van der Waals surface area contributed by atoms with Crippen LogP contribution in [0.3, 0.4) is 0 Å². The highest BCUT2D eigenvalue weighted by Crippen LogP contribution is 2.25. The Hall–Kier alpha value is -1.59. The van der Waals surface area contributed by atoms with Crippen molar-refractivity contribution in [2.45, 2.75) is 20.8 Å². The Balaban J connectivity index is 2.25. The van der Waals surface area contributed by atoms with Gasteiger partial charge < -0.3 is 10.2 Å². The van der Waals surface area contributed by atoms with Crippen LogP contribution in [0.15, 0.2) is 18.2 Å². The first-order chi connectivity index (χ1) is 10.0. The fourth-order valence-electron chi connectivity index (χ4n) is 2.08. The zero-order chi connectivity index (χ0) is 15.4. The SMILES string of the molecule is CCN(CC)c1ccc(Nc2nc(Cl)nc(Cl)n2)c(C)c1. The number of anilines is 3. The largest absolute Gasteiger partial charge is 0.372 e. The summed E-state index contributed by atoms with van der Waals surface area (Å²) in [5.74, 6) is 0.332. The van der Waals surface area contributed by atoms with Gasteiger partial charge in [-0.1, -0.05) is 0 Å². The molecule has 112 valence electrons. The van der Waals surface area contributed by atoms with E-state index < -0.39 is 0 Å². The molecule has 5 nitrogen and oxygen atoms in total. The zero-order valence-electron chi connectivity index (χ0n) is 12.2. The number of halogens is 2. The summed E-state index contributed by atoms with van der Waals surface area (Å²) in [5, 5.41) is 3.24. The third-order valence-corrected chi connectivity index (χ3v) is 3.50. The maximum atomic E-state index is 5.77. The summed E-state index contributed by atoms with van der Waals surface area (Å²) in [6.45, 7) is 8.25. The van der Waals surface area contributed by atoms with Crippen molar-refractivity contribution in [2.75, 3.05) is 23.3 Å². The first-order valence-corrected chi connectivity index (χ1v) is 7.48. The molecule has 0 aliphatic heterocycles. The molecule has 0 aliphatic carbocycles. The van der Waals surface area contributed by atoms with Crippen molar-refractivity contribution in [2.24, 2.45) is 0 Å². The van der Waals surface area contributed by atoms with Gasteiger partial charge in [0.15, 0.2) is 0 Å². The van der Waals surface area contributed by atoms with Gasteiger partial charge in [0.1, 0.15) is 0 Å². The van der Waals surface area contributed by atoms with Gasteiger partial charge in [-0.3, -0.25) is 0 Å². The van der Waals surface area contributed by atoms with E-state index >= 15 is 0 Å². The predicted octanol–water partition coefficient (Wildman–Crippen LogP) is 4.08. The molecular weight excluding hydrogens is 309 g/mol. The van der Waals surface area contributed by atoms with Crippen LogP contribution >= 0.6 is 23.2 Å². The van der Waals surface area contributed by atoms with Crippen LogP contribution in [-0.4, -0.2) is 28.0 Å². The normalized spacial score (nSPS) is 10.5. The average molecular weight is 326 g/mol. The molecule has 7 heteroatoms. The van der Waals surface area contributed by atoms with E-state index in [1.165, 1.54) is 5.69 Å². The summed E-state index contributed by atoms with van der Waals surface area (Å²) in [6.07, 6.45) is 0. The molecule has 2 rings (SSSR count). The molecule has 0 unspecified atom stereocenters. The summed E-state index contributed by atoms with van der Waals surface area (Å²) in [7, 11) is 0. The first kappa shape index (κ1) is 15.8. The van der Waals surface area contributed by atoms with Crippen molar-refractivity contribution in [3.63, 3.8) is 0 Å². The molecule has 1 N–H and O–H groups in total. The second-order valence-electron chi connectivity index (χ2n) is 4.49. The van der Waals surface area contributed by atoms with Gasteiger partial charge in [0.25, 0.3) is 0 Å². The molecule has 0 saturated heterocycles. The Bertz CT molecular complexity index is 609. The van der Waals surface area contributed by atoms with Crippen molar-refractivity contribution >= 4 is 40.5 Å².